The van der Waals surface area contributed by atoms with Crippen LogP contribution >= 0.6 is 0 Å². The average Bonchev–Trinajstić information content (AvgIpc) is 3.67. The predicted molar refractivity (Wildman–Crippen MR) is 160 cm³/mol. The van der Waals surface area contributed by atoms with Crippen molar-refractivity contribution in [2.45, 2.75) is 89.8 Å². The first-order chi connectivity index (χ1) is 19.9. The number of aliphatic hydroxyl groups excluding tert-OH is 1. The minimum Gasteiger partial charge on any atom is -0.461 e. The van der Waals surface area contributed by atoms with Crippen LogP contribution in [0, 0.1) is 19.3 Å². The number of H-pyrrole nitrogens is 1. The second-order valence-electron chi connectivity index (χ2n) is 13.7. The van der Waals surface area contributed by atoms with Crippen LogP contribution in [-0.2, 0) is 13.0 Å². The van der Waals surface area contributed by atoms with E-state index in [1.165, 1.54) is 73.0 Å². The Balaban J connectivity index is 1.15. The van der Waals surface area contributed by atoms with E-state index in [0.717, 1.165) is 68.9 Å². The Morgan fingerprint density at radius 3 is 2.63 bits per heavy atom. The molecule has 0 unspecified atom stereocenters. The van der Waals surface area contributed by atoms with Gasteiger partial charge < -0.3 is 19.6 Å². The fraction of sp³-hybridized carbons (Fsp3) is 0.656. The molecule has 2 N–H and O–H groups in total. The number of rotatable bonds is 5. The van der Waals surface area contributed by atoms with E-state index < -0.39 is 0 Å². The summed E-state index contributed by atoms with van der Waals surface area (Å²) in [5.41, 5.74) is 7.68. The van der Waals surface area contributed by atoms with Crippen LogP contribution in [0.25, 0.3) is 10.9 Å². The van der Waals surface area contributed by atoms with Crippen molar-refractivity contribution in [3.05, 3.63) is 34.6 Å². The summed E-state index contributed by atoms with van der Waals surface area (Å²) >= 11 is 0. The number of aryl methyl sites for hydroxylation is 1. The molecule has 0 radical (unpaired) electrons. The van der Waals surface area contributed by atoms with Gasteiger partial charge in [-0.15, -0.1) is 0 Å². The maximum atomic E-state index is 10.2. The largest absolute Gasteiger partial charge is 0.461 e. The Labute approximate surface area is 242 Å². The SMILES string of the molecule is Cc1cc2[nH]ncc2c(N2CCc3c(nc(OCC45CCCN4CCC5)nc3N3CCCC4(CC(O)C4)C3)C2)c1C. The molecule has 1 spiro atoms. The van der Waals surface area contributed by atoms with Crippen LogP contribution in [-0.4, -0.2) is 81.1 Å². The Morgan fingerprint density at radius 2 is 1.83 bits per heavy atom. The molecule has 1 saturated carbocycles. The van der Waals surface area contributed by atoms with E-state index in [2.05, 4.69) is 44.8 Å². The summed E-state index contributed by atoms with van der Waals surface area (Å²) in [6.45, 7) is 11.1. The number of hydrogen-bond acceptors (Lipinski definition) is 8. The highest BCUT2D eigenvalue weighted by Crippen LogP contribution is 2.49. The molecule has 0 atom stereocenters. The van der Waals surface area contributed by atoms with Gasteiger partial charge in [0.05, 0.1) is 41.3 Å². The third-order valence-corrected chi connectivity index (χ3v) is 11.1. The molecule has 6 heterocycles. The van der Waals surface area contributed by atoms with Crippen LogP contribution in [0.5, 0.6) is 6.01 Å². The molecule has 3 saturated heterocycles. The van der Waals surface area contributed by atoms with Gasteiger partial charge in [0, 0.05) is 30.6 Å². The number of ether oxygens (including phenoxy) is 1. The number of anilines is 2. The number of piperidine rings is 1. The van der Waals surface area contributed by atoms with Gasteiger partial charge in [0.1, 0.15) is 12.4 Å². The monoisotopic (exact) mass is 557 g/mol. The molecule has 0 amide bonds. The van der Waals surface area contributed by atoms with Crippen molar-refractivity contribution < 1.29 is 9.84 Å². The lowest BCUT2D eigenvalue weighted by molar-refractivity contribution is -0.0397. The number of nitrogens with one attached hydrogen (secondary N) is 1. The second kappa shape index (κ2) is 9.56. The van der Waals surface area contributed by atoms with E-state index in [9.17, 15) is 5.11 Å². The predicted octanol–water partition coefficient (Wildman–Crippen LogP) is 4.28. The van der Waals surface area contributed by atoms with Gasteiger partial charge in [-0.3, -0.25) is 10.00 Å². The summed E-state index contributed by atoms with van der Waals surface area (Å²) < 4.78 is 6.58. The van der Waals surface area contributed by atoms with Crippen LogP contribution in [0.15, 0.2) is 12.3 Å². The maximum absolute atomic E-state index is 10.2. The molecule has 5 aliphatic rings. The van der Waals surface area contributed by atoms with Crippen molar-refractivity contribution >= 4 is 22.4 Å². The summed E-state index contributed by atoms with van der Waals surface area (Å²) in [5, 5.41) is 18.9. The number of aliphatic hydroxyl groups is 1. The van der Waals surface area contributed by atoms with Crippen molar-refractivity contribution in [3.63, 3.8) is 0 Å². The highest BCUT2D eigenvalue weighted by atomic mass is 16.5. The molecule has 1 aromatic carbocycles. The molecule has 8 rings (SSSR count). The lowest BCUT2D eigenvalue weighted by atomic mass is 9.62. The minimum absolute atomic E-state index is 0.140. The van der Waals surface area contributed by atoms with Crippen LogP contribution in [0.4, 0.5) is 11.5 Å². The van der Waals surface area contributed by atoms with Crippen molar-refractivity contribution in [2.75, 3.05) is 49.1 Å². The number of nitrogens with zero attached hydrogens (tertiary/aromatic N) is 6. The van der Waals surface area contributed by atoms with E-state index >= 15 is 0 Å². The van der Waals surface area contributed by atoms with Crippen molar-refractivity contribution in [1.82, 2.24) is 25.1 Å². The van der Waals surface area contributed by atoms with Crippen LogP contribution in [0.1, 0.15) is 73.8 Å². The van der Waals surface area contributed by atoms with Crippen molar-refractivity contribution in [3.8, 4) is 6.01 Å². The van der Waals surface area contributed by atoms with E-state index in [0.29, 0.717) is 12.6 Å². The fourth-order valence-electron chi connectivity index (χ4n) is 8.94. The fourth-order valence-corrected chi connectivity index (χ4v) is 8.94. The van der Waals surface area contributed by atoms with Gasteiger partial charge in [-0.05, 0) is 107 Å². The number of hydrogen-bond donors (Lipinski definition) is 2. The van der Waals surface area contributed by atoms with Gasteiger partial charge in [-0.25, -0.2) is 0 Å². The first kappa shape index (κ1) is 25.8. The summed E-state index contributed by atoms with van der Waals surface area (Å²) in [4.78, 5) is 17.9. The molecule has 4 fully saturated rings. The first-order valence-corrected chi connectivity index (χ1v) is 15.8. The quantitative estimate of drug-likeness (QED) is 0.480. The summed E-state index contributed by atoms with van der Waals surface area (Å²) in [7, 11) is 0. The van der Waals surface area contributed by atoms with Gasteiger partial charge in [0.2, 0.25) is 0 Å². The molecule has 4 aliphatic heterocycles. The summed E-state index contributed by atoms with van der Waals surface area (Å²) in [6, 6.07) is 2.74. The second-order valence-corrected chi connectivity index (χ2v) is 13.7. The lowest BCUT2D eigenvalue weighted by Crippen LogP contribution is -2.53. The average molecular weight is 558 g/mol. The molecular formula is C32H43N7O2. The molecule has 9 nitrogen and oxygen atoms in total. The topological polar surface area (TPSA) is 93.6 Å². The minimum atomic E-state index is -0.140. The van der Waals surface area contributed by atoms with Gasteiger partial charge in [-0.1, -0.05) is 0 Å². The molecule has 1 aliphatic carbocycles. The Morgan fingerprint density at radius 1 is 1.02 bits per heavy atom. The lowest BCUT2D eigenvalue weighted by Gasteiger charge is -2.52. The smallest absolute Gasteiger partial charge is 0.318 e. The molecule has 2 aromatic heterocycles. The molecule has 41 heavy (non-hydrogen) atoms. The zero-order valence-corrected chi connectivity index (χ0v) is 24.6. The van der Waals surface area contributed by atoms with Crippen LogP contribution < -0.4 is 14.5 Å². The van der Waals surface area contributed by atoms with E-state index in [-0.39, 0.29) is 17.1 Å². The summed E-state index contributed by atoms with van der Waals surface area (Å²) in [5.74, 6) is 1.08. The van der Waals surface area contributed by atoms with Gasteiger partial charge in [0.15, 0.2) is 0 Å². The highest BCUT2D eigenvalue weighted by Gasteiger charge is 2.47. The van der Waals surface area contributed by atoms with Crippen LogP contribution in [0.2, 0.25) is 0 Å². The van der Waals surface area contributed by atoms with Crippen molar-refractivity contribution in [1.29, 1.82) is 0 Å². The Bertz CT molecular complexity index is 1460. The Kier molecular flexibility index (Phi) is 6.01. The highest BCUT2D eigenvalue weighted by molar-refractivity contribution is 5.94. The normalized spacial score (nSPS) is 27.3. The standard InChI is InChI=1S/C32H43N7O2/c1-21-14-26-25(17-33-36-26)28(22(21)2)37-13-6-24-27(18-37)34-30(41-20-32-8-4-11-39(32)12-5-9-32)35-29(24)38-10-3-7-31(19-38)15-23(40)16-31/h14,17,23,40H,3-13,15-16,18-20H2,1-2H3,(H,33,36). The van der Waals surface area contributed by atoms with E-state index in [1.54, 1.807) is 0 Å². The zero-order chi connectivity index (χ0) is 27.8. The van der Waals surface area contributed by atoms with Gasteiger partial charge >= 0.3 is 6.01 Å². The van der Waals surface area contributed by atoms with Gasteiger partial charge in [-0.2, -0.15) is 15.1 Å². The number of benzene rings is 1. The number of aromatic nitrogens is 4. The number of fused-ring (bicyclic) bond motifs is 3. The Hall–Kier alpha value is -2.91. The number of aromatic amines is 1. The molecular weight excluding hydrogens is 514 g/mol. The molecule has 3 aromatic rings. The van der Waals surface area contributed by atoms with Gasteiger partial charge in [0.25, 0.3) is 0 Å². The third kappa shape index (κ3) is 4.22. The van der Waals surface area contributed by atoms with Crippen LogP contribution in [0.3, 0.4) is 0 Å². The molecule has 0 bridgehead atoms. The molecule has 218 valence electrons. The first-order valence-electron chi connectivity index (χ1n) is 15.8. The summed E-state index contributed by atoms with van der Waals surface area (Å²) in [6.07, 6.45) is 11.8. The van der Waals surface area contributed by atoms with E-state index in [4.69, 9.17) is 14.7 Å². The zero-order valence-electron chi connectivity index (χ0n) is 24.6. The third-order valence-electron chi connectivity index (χ3n) is 11.1. The molecule has 9 heteroatoms. The van der Waals surface area contributed by atoms with E-state index in [1.807, 2.05) is 6.20 Å². The maximum Gasteiger partial charge on any atom is 0.318 e. The van der Waals surface area contributed by atoms with Crippen molar-refractivity contribution in [2.24, 2.45) is 5.41 Å².